The fourth-order valence-corrected chi connectivity index (χ4v) is 7.99. The second-order valence-corrected chi connectivity index (χ2v) is 15.1. The van der Waals surface area contributed by atoms with E-state index in [1.807, 2.05) is 18.2 Å². The molecule has 8 nitrogen and oxygen atoms in total. The Balaban J connectivity index is 0.779. The van der Waals surface area contributed by atoms with Crippen LogP contribution < -0.4 is 15.2 Å². The number of unbranched alkanes of at least 4 members (excludes halogenated alkanes) is 5. The maximum absolute atomic E-state index is 13.1. The Morgan fingerprint density at radius 3 is 2.09 bits per heavy atom. The summed E-state index contributed by atoms with van der Waals surface area (Å²) < 4.78 is 4.14. The predicted octanol–water partition coefficient (Wildman–Crippen LogP) is 8.88. The SMILES string of the molecule is Cc1cc2nc3c4ccccc4n(CC(=O)NCCCCCCCCNC(=O)C[n+]4cc5c6cc(C)c(C)cc6[nH]c5c5ccccc54)cc-3c2cc1C. The molecule has 4 heterocycles. The number of hydrogen-bond acceptors (Lipinski definition) is 3. The Morgan fingerprint density at radius 2 is 1.31 bits per heavy atom. The van der Waals surface area contributed by atoms with E-state index < -0.39 is 0 Å². The predicted molar refractivity (Wildman–Crippen MR) is 220 cm³/mol. The molecular weight excluding hydrogens is 669 g/mol. The molecule has 8 heteroatoms. The van der Waals surface area contributed by atoms with Crippen LogP contribution in [0.15, 0.2) is 85.2 Å². The summed E-state index contributed by atoms with van der Waals surface area (Å²) >= 11 is 0. The lowest BCUT2D eigenvalue weighted by atomic mass is 10.0. The zero-order valence-electron chi connectivity index (χ0n) is 31.8. The van der Waals surface area contributed by atoms with Gasteiger partial charge in [0.25, 0.3) is 5.91 Å². The van der Waals surface area contributed by atoms with Crippen LogP contribution in [0.5, 0.6) is 0 Å². The molecule has 0 atom stereocenters. The third kappa shape index (κ3) is 6.89. The number of nitrogens with one attached hydrogen (secondary N) is 3. The highest BCUT2D eigenvalue weighted by molar-refractivity contribution is 6.15. The molecule has 0 radical (unpaired) electrons. The fourth-order valence-electron chi connectivity index (χ4n) is 7.99. The summed E-state index contributed by atoms with van der Waals surface area (Å²) in [7, 11) is 0. The van der Waals surface area contributed by atoms with Crippen molar-refractivity contribution in [3.8, 4) is 11.3 Å². The monoisotopic (exact) mass is 717 g/mol. The number of carbonyl (C=O) groups is 2. The van der Waals surface area contributed by atoms with E-state index in [0.717, 1.165) is 98.9 Å². The van der Waals surface area contributed by atoms with Crippen molar-refractivity contribution in [3.05, 3.63) is 107 Å². The van der Waals surface area contributed by atoms with Gasteiger partial charge in [-0.15, -0.1) is 0 Å². The first-order valence-electron chi connectivity index (χ1n) is 19.4. The smallest absolute Gasteiger partial charge is 0.286 e. The molecule has 0 spiro atoms. The Morgan fingerprint density at radius 1 is 0.685 bits per heavy atom. The number of benzene rings is 4. The number of rotatable bonds is 13. The van der Waals surface area contributed by atoms with Gasteiger partial charge in [0.1, 0.15) is 6.54 Å². The van der Waals surface area contributed by atoms with Gasteiger partial charge < -0.3 is 20.2 Å². The number of aromatic amines is 1. The number of aromatic nitrogens is 4. The molecule has 8 rings (SSSR count). The van der Waals surface area contributed by atoms with E-state index in [-0.39, 0.29) is 24.9 Å². The molecule has 0 fully saturated rings. The summed E-state index contributed by atoms with van der Waals surface area (Å²) in [5, 5.41) is 11.9. The summed E-state index contributed by atoms with van der Waals surface area (Å²) in [5.74, 6) is 0.0527. The third-order valence-corrected chi connectivity index (χ3v) is 11.2. The summed E-state index contributed by atoms with van der Waals surface area (Å²) in [6.07, 6.45) is 10.5. The average molecular weight is 718 g/mol. The second kappa shape index (κ2) is 14.9. The van der Waals surface area contributed by atoms with E-state index in [0.29, 0.717) is 13.1 Å². The molecule has 6 aromatic rings. The van der Waals surface area contributed by atoms with Crippen LogP contribution in [0.3, 0.4) is 0 Å². The molecule has 0 bridgehead atoms. The van der Waals surface area contributed by atoms with Crippen LogP contribution >= 0.6 is 0 Å². The molecular formula is C46H49N6O2+. The number of H-pyrrole nitrogens is 1. The van der Waals surface area contributed by atoms with Gasteiger partial charge in [-0.2, -0.15) is 4.57 Å². The van der Waals surface area contributed by atoms with Gasteiger partial charge in [0.2, 0.25) is 18.0 Å². The molecule has 0 saturated heterocycles. The Hall–Kier alpha value is -5.76. The summed E-state index contributed by atoms with van der Waals surface area (Å²) in [6.45, 7) is 10.4. The Bertz CT molecular complexity index is 2620. The minimum Gasteiger partial charge on any atom is -0.355 e. The van der Waals surface area contributed by atoms with Crippen molar-refractivity contribution in [2.45, 2.75) is 79.3 Å². The van der Waals surface area contributed by atoms with Crippen molar-refractivity contribution in [2.75, 3.05) is 13.1 Å². The number of nitrogens with zero attached hydrogens (tertiary/aromatic N) is 3. The molecule has 274 valence electrons. The quantitative estimate of drug-likeness (QED) is 0.0822. The van der Waals surface area contributed by atoms with Crippen LogP contribution in [0.4, 0.5) is 0 Å². The maximum Gasteiger partial charge on any atom is 0.286 e. The molecule has 0 aliphatic carbocycles. The first-order valence-corrected chi connectivity index (χ1v) is 19.4. The van der Waals surface area contributed by atoms with Crippen molar-refractivity contribution >= 4 is 66.3 Å². The number of fused-ring (bicyclic) bond motifs is 10. The molecule has 0 saturated carbocycles. The molecule has 3 N–H and O–H groups in total. The molecule has 2 amide bonds. The van der Waals surface area contributed by atoms with Gasteiger partial charge in [-0.25, -0.2) is 4.98 Å². The van der Waals surface area contributed by atoms with E-state index >= 15 is 0 Å². The second-order valence-electron chi connectivity index (χ2n) is 15.1. The minimum absolute atomic E-state index is 0.0220. The lowest BCUT2D eigenvalue weighted by Gasteiger charge is -2.15. The third-order valence-electron chi connectivity index (χ3n) is 11.2. The van der Waals surface area contributed by atoms with E-state index in [9.17, 15) is 9.59 Å². The van der Waals surface area contributed by atoms with Gasteiger partial charge in [-0.05, 0) is 99.2 Å². The fraction of sp³-hybridized carbons (Fsp3) is 0.304. The van der Waals surface area contributed by atoms with E-state index in [1.165, 1.54) is 27.6 Å². The van der Waals surface area contributed by atoms with Crippen LogP contribution in [0, 0.1) is 27.7 Å². The lowest BCUT2D eigenvalue weighted by Crippen LogP contribution is -2.43. The lowest BCUT2D eigenvalue weighted by molar-refractivity contribution is -0.657. The van der Waals surface area contributed by atoms with Gasteiger partial charge in [0.15, 0.2) is 6.20 Å². The van der Waals surface area contributed by atoms with Gasteiger partial charge in [0.05, 0.1) is 33.0 Å². The standard InChI is InChI=1S/C46H48N6O2/c1-29-21-35-37-25-51(41-17-11-9-15-33(41)45(37)49-39(35)23-31(29)3)27-43(53)47-19-13-7-5-6-8-14-20-48-44(54)28-52-26-38-36-22-30(2)32(4)24-40(36)50-46(38)34-16-10-12-18-42(34)52/h9-12,15-18,21-26H,5-8,13-14,19-20,27-28H2,1-4H3,(H2,47,48,53,54)/p+1. The highest BCUT2D eigenvalue weighted by Crippen LogP contribution is 2.37. The molecule has 0 unspecified atom stereocenters. The largest absolute Gasteiger partial charge is 0.355 e. The van der Waals surface area contributed by atoms with Gasteiger partial charge in [0, 0.05) is 52.6 Å². The molecule has 2 aromatic heterocycles. The number of pyridine rings is 2. The van der Waals surface area contributed by atoms with Crippen molar-refractivity contribution in [1.29, 1.82) is 0 Å². The number of carbonyl (C=O) groups excluding carboxylic acids is 2. The van der Waals surface area contributed by atoms with Gasteiger partial charge >= 0.3 is 0 Å². The zero-order chi connectivity index (χ0) is 37.3. The van der Waals surface area contributed by atoms with E-state index in [2.05, 4.69) is 119 Å². The first-order chi connectivity index (χ1) is 26.2. The average Bonchev–Trinajstić information content (AvgIpc) is 3.70. The summed E-state index contributed by atoms with van der Waals surface area (Å²) in [4.78, 5) is 34.8. The van der Waals surface area contributed by atoms with Crippen molar-refractivity contribution in [1.82, 2.24) is 25.2 Å². The first kappa shape index (κ1) is 35.3. The van der Waals surface area contributed by atoms with Crippen molar-refractivity contribution < 1.29 is 14.2 Å². The van der Waals surface area contributed by atoms with Crippen molar-refractivity contribution in [3.63, 3.8) is 0 Å². The number of amides is 2. The van der Waals surface area contributed by atoms with Crippen LogP contribution in [-0.4, -0.2) is 39.4 Å². The number of para-hydroxylation sites is 2. The minimum atomic E-state index is 0.0220. The van der Waals surface area contributed by atoms with E-state index in [4.69, 9.17) is 4.98 Å². The molecule has 4 aromatic carbocycles. The summed E-state index contributed by atoms with van der Waals surface area (Å²) in [5.41, 5.74) is 12.4. The van der Waals surface area contributed by atoms with Crippen LogP contribution in [0.1, 0.15) is 60.8 Å². The van der Waals surface area contributed by atoms with Crippen LogP contribution in [0.25, 0.3) is 65.8 Å². The summed E-state index contributed by atoms with van der Waals surface area (Å²) in [6, 6.07) is 25.3. The molecule has 2 aliphatic heterocycles. The van der Waals surface area contributed by atoms with Gasteiger partial charge in [-0.3, -0.25) is 9.59 Å². The topological polar surface area (TPSA) is 95.7 Å². The molecule has 54 heavy (non-hydrogen) atoms. The van der Waals surface area contributed by atoms with Gasteiger partial charge in [-0.1, -0.05) is 56.0 Å². The highest BCUT2D eigenvalue weighted by Gasteiger charge is 2.21. The Labute approximate surface area is 315 Å². The number of aryl methyl sites for hydroxylation is 4. The highest BCUT2D eigenvalue weighted by atomic mass is 16.2. The maximum atomic E-state index is 13.1. The Kier molecular flexibility index (Phi) is 9.76. The van der Waals surface area contributed by atoms with Crippen LogP contribution in [0.2, 0.25) is 0 Å². The molecule has 2 aliphatic rings. The van der Waals surface area contributed by atoms with Crippen LogP contribution in [-0.2, 0) is 22.7 Å². The number of hydrogen-bond donors (Lipinski definition) is 3. The van der Waals surface area contributed by atoms with E-state index in [1.54, 1.807) is 0 Å². The normalized spacial score (nSPS) is 11.9. The van der Waals surface area contributed by atoms with Crippen molar-refractivity contribution in [2.24, 2.45) is 0 Å². The zero-order valence-corrected chi connectivity index (χ0v) is 31.8.